The van der Waals surface area contributed by atoms with E-state index in [1.165, 1.54) is 54.6 Å². The molecule has 0 fully saturated rings. The van der Waals surface area contributed by atoms with Gasteiger partial charge in [0.15, 0.2) is 0 Å². The number of aliphatic hydroxyl groups is 1. The monoisotopic (exact) mass is 554 g/mol. The third kappa shape index (κ3) is 3.82. The zero-order valence-electron chi connectivity index (χ0n) is 24.6. The van der Waals surface area contributed by atoms with E-state index in [4.69, 9.17) is 0 Å². The summed E-state index contributed by atoms with van der Waals surface area (Å²) in [6.07, 6.45) is 1.38. The van der Waals surface area contributed by atoms with Crippen LogP contribution in [0.1, 0.15) is 55.0 Å². The van der Waals surface area contributed by atoms with Gasteiger partial charge in [0.2, 0.25) is 0 Å². The largest absolute Gasteiger partial charge is 0.384 e. The SMILES string of the molecule is CCC1(CC)c2ccccc2C(O)c2cc(-c3cccc(-c4ccc5c6ccccc6c6ccccc6c5c4)c3)ccc21. The standard InChI is InChI=1S/C42H34O/c1-3-42(4-2)39-19-10-9-18-36(39)41(43)38-26-30(21-23-40(38)42)28-13-11-12-27(24-28)29-20-22-35-33-16-6-5-14-31(33)32-15-7-8-17-34(32)37(35)25-29/h5-26,41,43H,3-4H2,1-2H3. The number of aliphatic hydroxyl groups excluding tert-OH is 1. The van der Waals surface area contributed by atoms with Gasteiger partial charge in [0.05, 0.1) is 0 Å². The molecule has 7 aromatic carbocycles. The van der Waals surface area contributed by atoms with Crippen molar-refractivity contribution in [3.63, 3.8) is 0 Å². The van der Waals surface area contributed by atoms with E-state index in [9.17, 15) is 5.11 Å². The highest BCUT2D eigenvalue weighted by Gasteiger charge is 2.40. The van der Waals surface area contributed by atoms with Gasteiger partial charge in [-0.15, -0.1) is 0 Å². The Morgan fingerprint density at radius 1 is 0.442 bits per heavy atom. The molecule has 7 aromatic rings. The molecule has 0 bridgehead atoms. The lowest BCUT2D eigenvalue weighted by Gasteiger charge is -2.42. The van der Waals surface area contributed by atoms with Crippen LogP contribution in [-0.4, -0.2) is 5.11 Å². The zero-order chi connectivity index (χ0) is 29.1. The Balaban J connectivity index is 1.26. The van der Waals surface area contributed by atoms with Crippen molar-refractivity contribution >= 4 is 32.3 Å². The average molecular weight is 555 g/mol. The van der Waals surface area contributed by atoms with E-state index < -0.39 is 6.10 Å². The molecule has 0 heterocycles. The minimum absolute atomic E-state index is 0.0798. The van der Waals surface area contributed by atoms with Gasteiger partial charge in [0.25, 0.3) is 0 Å². The Kier molecular flexibility index (Phi) is 6.00. The number of hydrogen-bond donors (Lipinski definition) is 1. The van der Waals surface area contributed by atoms with Crippen molar-refractivity contribution in [1.82, 2.24) is 0 Å². The molecule has 8 rings (SSSR count). The van der Waals surface area contributed by atoms with Crippen LogP contribution in [0.15, 0.2) is 133 Å². The zero-order valence-corrected chi connectivity index (χ0v) is 24.6. The van der Waals surface area contributed by atoms with Crippen LogP contribution in [-0.2, 0) is 5.41 Å². The maximum atomic E-state index is 11.6. The topological polar surface area (TPSA) is 20.2 Å². The molecule has 1 aliphatic rings. The molecular formula is C42H34O. The first-order valence-corrected chi connectivity index (χ1v) is 15.5. The van der Waals surface area contributed by atoms with E-state index >= 15 is 0 Å². The van der Waals surface area contributed by atoms with Crippen molar-refractivity contribution in [2.45, 2.75) is 38.2 Å². The second kappa shape index (κ2) is 9.93. The summed E-state index contributed by atoms with van der Waals surface area (Å²) < 4.78 is 0. The van der Waals surface area contributed by atoms with E-state index in [1.54, 1.807) is 0 Å². The van der Waals surface area contributed by atoms with E-state index in [0.717, 1.165) is 35.1 Å². The predicted octanol–water partition coefficient (Wildman–Crippen LogP) is 11.0. The van der Waals surface area contributed by atoms with Gasteiger partial charge in [0, 0.05) is 5.41 Å². The highest BCUT2D eigenvalue weighted by Crippen LogP contribution is 2.50. The second-order valence-electron chi connectivity index (χ2n) is 12.0. The highest BCUT2D eigenvalue weighted by molar-refractivity contribution is 6.25. The lowest BCUT2D eigenvalue weighted by atomic mass is 9.62. The number of hydrogen-bond acceptors (Lipinski definition) is 1. The number of rotatable bonds is 4. The van der Waals surface area contributed by atoms with Crippen molar-refractivity contribution in [2.24, 2.45) is 0 Å². The van der Waals surface area contributed by atoms with Crippen molar-refractivity contribution < 1.29 is 5.11 Å². The maximum Gasteiger partial charge on any atom is 0.105 e. The van der Waals surface area contributed by atoms with Gasteiger partial charge < -0.3 is 5.11 Å². The van der Waals surface area contributed by atoms with Gasteiger partial charge in [0.1, 0.15) is 6.10 Å². The molecule has 0 amide bonds. The molecule has 1 nitrogen and oxygen atoms in total. The van der Waals surface area contributed by atoms with Crippen LogP contribution >= 0.6 is 0 Å². The van der Waals surface area contributed by atoms with Crippen LogP contribution in [0.3, 0.4) is 0 Å². The predicted molar refractivity (Wildman–Crippen MR) is 182 cm³/mol. The van der Waals surface area contributed by atoms with E-state index in [-0.39, 0.29) is 5.41 Å². The molecule has 1 unspecified atom stereocenters. The van der Waals surface area contributed by atoms with Crippen LogP contribution in [0.4, 0.5) is 0 Å². The maximum absolute atomic E-state index is 11.6. The second-order valence-corrected chi connectivity index (χ2v) is 12.0. The van der Waals surface area contributed by atoms with Crippen molar-refractivity contribution in [3.8, 4) is 22.3 Å². The molecule has 0 saturated heterocycles. The summed E-state index contributed by atoms with van der Waals surface area (Å²) >= 11 is 0. The van der Waals surface area contributed by atoms with Crippen LogP contribution in [0.2, 0.25) is 0 Å². The summed E-state index contributed by atoms with van der Waals surface area (Å²) in [5.74, 6) is 0. The molecule has 0 spiro atoms. The molecule has 1 atom stereocenters. The minimum Gasteiger partial charge on any atom is -0.384 e. The molecule has 1 heteroatoms. The molecule has 1 aliphatic carbocycles. The fraction of sp³-hybridized carbons (Fsp3) is 0.143. The van der Waals surface area contributed by atoms with Gasteiger partial charge in [-0.2, -0.15) is 0 Å². The molecule has 0 radical (unpaired) electrons. The summed E-state index contributed by atoms with van der Waals surface area (Å²) in [5, 5.41) is 19.3. The smallest absolute Gasteiger partial charge is 0.105 e. The third-order valence-corrected chi connectivity index (χ3v) is 10.1. The molecular weight excluding hydrogens is 520 g/mol. The van der Waals surface area contributed by atoms with Crippen LogP contribution in [0.25, 0.3) is 54.6 Å². The third-order valence-electron chi connectivity index (χ3n) is 10.1. The Morgan fingerprint density at radius 3 is 1.58 bits per heavy atom. The fourth-order valence-corrected chi connectivity index (χ4v) is 7.87. The summed E-state index contributed by atoms with van der Waals surface area (Å²) in [6, 6.07) is 48.4. The molecule has 1 N–H and O–H groups in total. The fourth-order valence-electron chi connectivity index (χ4n) is 7.87. The van der Waals surface area contributed by atoms with Gasteiger partial charge in [-0.1, -0.05) is 129 Å². The van der Waals surface area contributed by atoms with Crippen molar-refractivity contribution in [1.29, 1.82) is 0 Å². The first-order chi connectivity index (χ1) is 21.1. The summed E-state index contributed by atoms with van der Waals surface area (Å²) in [6.45, 7) is 4.55. The highest BCUT2D eigenvalue weighted by atomic mass is 16.3. The number of benzene rings is 7. The lowest BCUT2D eigenvalue weighted by Crippen LogP contribution is -2.34. The average Bonchev–Trinajstić information content (AvgIpc) is 3.09. The van der Waals surface area contributed by atoms with Crippen LogP contribution in [0, 0.1) is 0 Å². The van der Waals surface area contributed by atoms with Crippen molar-refractivity contribution in [3.05, 3.63) is 156 Å². The van der Waals surface area contributed by atoms with Crippen LogP contribution in [0.5, 0.6) is 0 Å². The Hall–Kier alpha value is -4.72. The minimum atomic E-state index is -0.621. The van der Waals surface area contributed by atoms with E-state index in [0.29, 0.717) is 0 Å². The lowest BCUT2D eigenvalue weighted by molar-refractivity contribution is 0.206. The first kappa shape index (κ1) is 25.9. The van der Waals surface area contributed by atoms with Gasteiger partial charge in [-0.05, 0) is 108 Å². The molecule has 0 aromatic heterocycles. The van der Waals surface area contributed by atoms with E-state index in [2.05, 4.69) is 141 Å². The summed E-state index contributed by atoms with van der Waals surface area (Å²) in [7, 11) is 0. The molecule has 208 valence electrons. The summed E-state index contributed by atoms with van der Waals surface area (Å²) in [5.41, 5.74) is 9.22. The Bertz CT molecular complexity index is 2150. The van der Waals surface area contributed by atoms with E-state index in [1.807, 2.05) is 6.07 Å². The van der Waals surface area contributed by atoms with Gasteiger partial charge in [-0.3, -0.25) is 0 Å². The van der Waals surface area contributed by atoms with Crippen LogP contribution < -0.4 is 0 Å². The molecule has 43 heavy (non-hydrogen) atoms. The molecule has 0 saturated carbocycles. The number of fused-ring (bicyclic) bond motifs is 8. The summed E-state index contributed by atoms with van der Waals surface area (Å²) in [4.78, 5) is 0. The van der Waals surface area contributed by atoms with Gasteiger partial charge >= 0.3 is 0 Å². The molecule has 0 aliphatic heterocycles. The normalized spacial score (nSPS) is 15.5. The Morgan fingerprint density at radius 2 is 0.930 bits per heavy atom. The van der Waals surface area contributed by atoms with Gasteiger partial charge in [-0.25, -0.2) is 0 Å². The first-order valence-electron chi connectivity index (χ1n) is 15.5. The Labute approximate surface area is 253 Å². The quantitative estimate of drug-likeness (QED) is 0.215. The van der Waals surface area contributed by atoms with Crippen molar-refractivity contribution in [2.75, 3.05) is 0 Å².